The van der Waals surface area contributed by atoms with Crippen molar-refractivity contribution >= 4 is 5.91 Å². The summed E-state index contributed by atoms with van der Waals surface area (Å²) in [6.45, 7) is 0.344. The Balaban J connectivity index is 1.45. The molecule has 4 rings (SSSR count). The van der Waals surface area contributed by atoms with Crippen molar-refractivity contribution in [1.29, 1.82) is 0 Å². The summed E-state index contributed by atoms with van der Waals surface area (Å²) in [6, 6.07) is 12.1. The standard InChI is InChI=1S/C23H23FN4O4/c1-31-20-5-3-18(25-13-20)15-32-19-4-2-16-8-10-27(14-17(16)12-19)23(30)21-6-7-22(29)28(26-21)11-9-24/h2-7,12-13H,8-11,14-15H2,1H3. The molecule has 0 aliphatic carbocycles. The van der Waals surface area contributed by atoms with Crippen LogP contribution in [-0.4, -0.2) is 45.9 Å². The molecule has 0 radical (unpaired) electrons. The number of hydrogen-bond acceptors (Lipinski definition) is 6. The molecule has 3 heterocycles. The Morgan fingerprint density at radius 2 is 1.97 bits per heavy atom. The fourth-order valence-electron chi connectivity index (χ4n) is 3.54. The maximum Gasteiger partial charge on any atom is 0.274 e. The second-order valence-electron chi connectivity index (χ2n) is 7.35. The number of carbonyl (C=O) groups excluding carboxylic acids is 1. The number of halogens is 1. The van der Waals surface area contributed by atoms with Gasteiger partial charge in [0.2, 0.25) is 0 Å². The number of hydrogen-bond donors (Lipinski definition) is 0. The van der Waals surface area contributed by atoms with Gasteiger partial charge >= 0.3 is 0 Å². The first kappa shape index (κ1) is 21.5. The molecule has 1 amide bonds. The van der Waals surface area contributed by atoms with Gasteiger partial charge < -0.3 is 14.4 Å². The van der Waals surface area contributed by atoms with Crippen molar-refractivity contribution < 1.29 is 18.7 Å². The SMILES string of the molecule is COc1ccc(COc2ccc3c(c2)CN(C(=O)c2ccc(=O)n(CCF)n2)CC3)nc1. The van der Waals surface area contributed by atoms with Crippen molar-refractivity contribution in [3.8, 4) is 11.5 Å². The summed E-state index contributed by atoms with van der Waals surface area (Å²) in [6.07, 6.45) is 2.34. The van der Waals surface area contributed by atoms with Crippen LogP contribution in [0.3, 0.4) is 0 Å². The predicted molar refractivity (Wildman–Crippen MR) is 114 cm³/mol. The number of fused-ring (bicyclic) bond motifs is 1. The van der Waals surface area contributed by atoms with Gasteiger partial charge in [0.1, 0.15) is 30.5 Å². The monoisotopic (exact) mass is 438 g/mol. The number of aromatic nitrogens is 3. The minimum Gasteiger partial charge on any atom is -0.495 e. The number of carbonyl (C=O) groups is 1. The molecule has 0 N–H and O–H groups in total. The quantitative estimate of drug-likeness (QED) is 0.563. The third-order valence-electron chi connectivity index (χ3n) is 5.28. The Morgan fingerprint density at radius 1 is 1.12 bits per heavy atom. The van der Waals surface area contributed by atoms with Gasteiger partial charge in [-0.3, -0.25) is 14.6 Å². The Kier molecular flexibility index (Phi) is 6.44. The van der Waals surface area contributed by atoms with Crippen LogP contribution in [0.1, 0.15) is 27.3 Å². The van der Waals surface area contributed by atoms with Gasteiger partial charge in [0.15, 0.2) is 0 Å². The summed E-state index contributed by atoms with van der Waals surface area (Å²) in [5.41, 5.74) is 2.60. The highest BCUT2D eigenvalue weighted by molar-refractivity contribution is 5.92. The maximum atomic E-state index is 12.9. The molecule has 9 heteroatoms. The molecule has 3 aromatic rings. The average molecular weight is 438 g/mol. The largest absolute Gasteiger partial charge is 0.495 e. The van der Waals surface area contributed by atoms with E-state index in [-0.39, 0.29) is 18.1 Å². The number of ether oxygens (including phenoxy) is 2. The van der Waals surface area contributed by atoms with E-state index >= 15 is 0 Å². The van der Waals surface area contributed by atoms with Gasteiger partial charge in [-0.25, -0.2) is 9.07 Å². The van der Waals surface area contributed by atoms with Crippen LogP contribution in [0.15, 0.2) is 53.5 Å². The summed E-state index contributed by atoms with van der Waals surface area (Å²) in [5, 5.41) is 4.02. The highest BCUT2D eigenvalue weighted by atomic mass is 19.1. The second kappa shape index (κ2) is 9.59. The van der Waals surface area contributed by atoms with Gasteiger partial charge in [-0.15, -0.1) is 0 Å². The number of aryl methyl sites for hydroxylation is 1. The Morgan fingerprint density at radius 3 is 2.72 bits per heavy atom. The molecular formula is C23H23FN4O4. The van der Waals surface area contributed by atoms with Crippen LogP contribution in [0, 0.1) is 0 Å². The van der Waals surface area contributed by atoms with Crippen molar-refractivity contribution in [3.63, 3.8) is 0 Å². The van der Waals surface area contributed by atoms with Crippen molar-refractivity contribution in [1.82, 2.24) is 19.7 Å². The topological polar surface area (TPSA) is 86.5 Å². The van der Waals surface area contributed by atoms with Crippen LogP contribution < -0.4 is 15.0 Å². The molecule has 0 fully saturated rings. The molecule has 1 aromatic carbocycles. The Labute approximate surface area is 184 Å². The number of methoxy groups -OCH3 is 1. The second-order valence-corrected chi connectivity index (χ2v) is 7.35. The lowest BCUT2D eigenvalue weighted by atomic mass is 9.99. The third kappa shape index (κ3) is 4.77. The lowest BCUT2D eigenvalue weighted by molar-refractivity contribution is 0.0725. The molecule has 0 spiro atoms. The lowest BCUT2D eigenvalue weighted by Crippen LogP contribution is -2.37. The van der Waals surface area contributed by atoms with E-state index in [2.05, 4.69) is 10.1 Å². The molecule has 32 heavy (non-hydrogen) atoms. The molecule has 1 aliphatic heterocycles. The zero-order chi connectivity index (χ0) is 22.5. The smallest absolute Gasteiger partial charge is 0.274 e. The van der Waals surface area contributed by atoms with E-state index in [1.165, 1.54) is 12.1 Å². The van der Waals surface area contributed by atoms with Gasteiger partial charge in [0.25, 0.3) is 11.5 Å². The van der Waals surface area contributed by atoms with Crippen molar-refractivity contribution in [2.45, 2.75) is 26.1 Å². The van der Waals surface area contributed by atoms with E-state index in [4.69, 9.17) is 9.47 Å². The van der Waals surface area contributed by atoms with Gasteiger partial charge in [0.05, 0.1) is 25.5 Å². The highest BCUT2D eigenvalue weighted by Crippen LogP contribution is 2.25. The number of amides is 1. The van der Waals surface area contributed by atoms with Crippen LogP contribution in [0.4, 0.5) is 4.39 Å². The fraction of sp³-hybridized carbons (Fsp3) is 0.304. The summed E-state index contributed by atoms with van der Waals surface area (Å²) < 4.78 is 24.6. The number of benzene rings is 1. The molecule has 8 nitrogen and oxygen atoms in total. The maximum absolute atomic E-state index is 12.9. The highest BCUT2D eigenvalue weighted by Gasteiger charge is 2.23. The summed E-state index contributed by atoms with van der Waals surface area (Å²) in [5.74, 6) is 1.07. The molecular weight excluding hydrogens is 415 g/mol. The Hall–Kier alpha value is -3.75. The zero-order valence-electron chi connectivity index (χ0n) is 17.7. The predicted octanol–water partition coefficient (Wildman–Crippen LogP) is 2.39. The van der Waals surface area contributed by atoms with Crippen LogP contribution in [0.5, 0.6) is 11.5 Å². The van der Waals surface area contributed by atoms with E-state index in [1.54, 1.807) is 18.2 Å². The molecule has 0 saturated heterocycles. The van der Waals surface area contributed by atoms with Crippen molar-refractivity contribution in [3.05, 3.63) is 81.5 Å². The van der Waals surface area contributed by atoms with Gasteiger partial charge in [-0.2, -0.15) is 5.10 Å². The van der Waals surface area contributed by atoms with E-state index in [1.807, 2.05) is 30.3 Å². The van der Waals surface area contributed by atoms with Gasteiger partial charge in [0, 0.05) is 19.2 Å². The minimum absolute atomic E-state index is 0.125. The van der Waals surface area contributed by atoms with E-state index in [9.17, 15) is 14.0 Å². The molecule has 0 saturated carbocycles. The lowest BCUT2D eigenvalue weighted by Gasteiger charge is -2.29. The first-order chi connectivity index (χ1) is 15.6. The molecule has 0 atom stereocenters. The van der Waals surface area contributed by atoms with Crippen LogP contribution in [0.25, 0.3) is 0 Å². The normalized spacial score (nSPS) is 12.9. The van der Waals surface area contributed by atoms with E-state index in [0.29, 0.717) is 37.6 Å². The first-order valence-electron chi connectivity index (χ1n) is 10.2. The Bertz CT molecular complexity index is 1160. The number of pyridine rings is 1. The van der Waals surface area contributed by atoms with E-state index in [0.717, 1.165) is 21.5 Å². The third-order valence-corrected chi connectivity index (χ3v) is 5.28. The van der Waals surface area contributed by atoms with Crippen LogP contribution in [-0.2, 0) is 26.1 Å². The molecule has 166 valence electrons. The van der Waals surface area contributed by atoms with E-state index < -0.39 is 12.2 Å². The van der Waals surface area contributed by atoms with Gasteiger partial charge in [-0.1, -0.05) is 6.07 Å². The fourth-order valence-corrected chi connectivity index (χ4v) is 3.54. The molecule has 1 aliphatic rings. The van der Waals surface area contributed by atoms with Crippen LogP contribution in [0.2, 0.25) is 0 Å². The average Bonchev–Trinajstić information content (AvgIpc) is 2.83. The van der Waals surface area contributed by atoms with Crippen molar-refractivity contribution in [2.24, 2.45) is 0 Å². The number of rotatable bonds is 7. The zero-order valence-corrected chi connectivity index (χ0v) is 17.7. The number of alkyl halides is 1. The summed E-state index contributed by atoms with van der Waals surface area (Å²) in [7, 11) is 1.59. The van der Waals surface area contributed by atoms with Crippen molar-refractivity contribution in [2.75, 3.05) is 20.3 Å². The van der Waals surface area contributed by atoms with Gasteiger partial charge in [-0.05, 0) is 47.9 Å². The minimum atomic E-state index is -0.726. The summed E-state index contributed by atoms with van der Waals surface area (Å²) >= 11 is 0. The first-order valence-corrected chi connectivity index (χ1v) is 10.2. The molecule has 2 aromatic heterocycles. The molecule has 0 bridgehead atoms. The molecule has 0 unspecified atom stereocenters. The summed E-state index contributed by atoms with van der Waals surface area (Å²) in [4.78, 5) is 30.6. The van der Waals surface area contributed by atoms with Crippen LogP contribution >= 0.6 is 0 Å². The number of nitrogens with zero attached hydrogens (tertiary/aromatic N) is 4.